The second-order valence-electron chi connectivity index (χ2n) is 4.58. The summed E-state index contributed by atoms with van der Waals surface area (Å²) >= 11 is 0. The van der Waals surface area contributed by atoms with Gasteiger partial charge in [-0.3, -0.25) is 9.78 Å². The first-order chi connectivity index (χ1) is 8.16. The predicted molar refractivity (Wildman–Crippen MR) is 64.5 cm³/mol. The van der Waals surface area contributed by atoms with Gasteiger partial charge >= 0.3 is 0 Å². The molecule has 1 saturated heterocycles. The van der Waals surface area contributed by atoms with E-state index < -0.39 is 0 Å². The van der Waals surface area contributed by atoms with Gasteiger partial charge < -0.3 is 10.0 Å². The fourth-order valence-electron chi connectivity index (χ4n) is 2.14. The SMILES string of the molecule is Cc1cccnc1CC(=O)N1CCC[C@H](O)C1. The van der Waals surface area contributed by atoms with E-state index in [0.29, 0.717) is 13.0 Å². The number of aryl methyl sites for hydroxylation is 1. The van der Waals surface area contributed by atoms with Crippen LogP contribution in [0.3, 0.4) is 0 Å². The smallest absolute Gasteiger partial charge is 0.228 e. The zero-order chi connectivity index (χ0) is 12.3. The molecule has 2 rings (SSSR count). The molecule has 0 unspecified atom stereocenters. The van der Waals surface area contributed by atoms with Crippen molar-refractivity contribution in [2.75, 3.05) is 13.1 Å². The minimum atomic E-state index is -0.363. The molecule has 1 atom stereocenters. The van der Waals surface area contributed by atoms with E-state index in [1.807, 2.05) is 19.1 Å². The summed E-state index contributed by atoms with van der Waals surface area (Å²) in [4.78, 5) is 18.0. The number of aromatic nitrogens is 1. The lowest BCUT2D eigenvalue weighted by atomic mass is 10.1. The minimum Gasteiger partial charge on any atom is -0.391 e. The Labute approximate surface area is 101 Å². The van der Waals surface area contributed by atoms with E-state index in [1.165, 1.54) is 0 Å². The van der Waals surface area contributed by atoms with Crippen LogP contribution in [0.5, 0.6) is 0 Å². The van der Waals surface area contributed by atoms with Crippen LogP contribution in [0.25, 0.3) is 0 Å². The first kappa shape index (κ1) is 12.0. The van der Waals surface area contributed by atoms with E-state index in [0.717, 1.165) is 30.6 Å². The Hall–Kier alpha value is -1.42. The van der Waals surface area contributed by atoms with Crippen LogP contribution in [-0.4, -0.2) is 40.1 Å². The summed E-state index contributed by atoms with van der Waals surface area (Å²) in [6.45, 7) is 3.17. The molecule has 1 aromatic rings. The van der Waals surface area contributed by atoms with E-state index >= 15 is 0 Å². The molecule has 0 radical (unpaired) electrons. The van der Waals surface area contributed by atoms with Gasteiger partial charge in [0.25, 0.3) is 0 Å². The Balaban J connectivity index is 1.99. The molecule has 1 N–H and O–H groups in total. The molecule has 0 spiro atoms. The van der Waals surface area contributed by atoms with Crippen molar-refractivity contribution in [3.05, 3.63) is 29.6 Å². The zero-order valence-corrected chi connectivity index (χ0v) is 10.1. The van der Waals surface area contributed by atoms with Gasteiger partial charge in [0.1, 0.15) is 0 Å². The molecule has 1 aliphatic heterocycles. The Morgan fingerprint density at radius 3 is 3.18 bits per heavy atom. The van der Waals surface area contributed by atoms with Crippen LogP contribution >= 0.6 is 0 Å². The molecule has 4 nitrogen and oxygen atoms in total. The molecule has 1 amide bonds. The summed E-state index contributed by atoms with van der Waals surface area (Å²) in [5.74, 6) is 0.0607. The van der Waals surface area contributed by atoms with Gasteiger partial charge in [0.05, 0.1) is 18.2 Å². The molecule has 0 aliphatic carbocycles. The van der Waals surface area contributed by atoms with Crippen LogP contribution in [0.2, 0.25) is 0 Å². The molecule has 1 fully saturated rings. The normalized spacial score (nSPS) is 20.4. The molecule has 1 aromatic heterocycles. The molecule has 92 valence electrons. The highest BCUT2D eigenvalue weighted by Gasteiger charge is 2.22. The molecule has 0 bridgehead atoms. The van der Waals surface area contributed by atoms with Crippen molar-refractivity contribution in [3.8, 4) is 0 Å². The summed E-state index contributed by atoms with van der Waals surface area (Å²) < 4.78 is 0. The van der Waals surface area contributed by atoms with Crippen LogP contribution < -0.4 is 0 Å². The molecule has 2 heterocycles. The number of hydrogen-bond donors (Lipinski definition) is 1. The van der Waals surface area contributed by atoms with Crippen molar-refractivity contribution < 1.29 is 9.90 Å². The summed E-state index contributed by atoms with van der Waals surface area (Å²) in [6, 6.07) is 3.83. The van der Waals surface area contributed by atoms with E-state index in [-0.39, 0.29) is 12.0 Å². The maximum absolute atomic E-state index is 12.0. The number of rotatable bonds is 2. The Kier molecular flexibility index (Phi) is 3.74. The second kappa shape index (κ2) is 5.27. The van der Waals surface area contributed by atoms with E-state index in [9.17, 15) is 9.90 Å². The number of carbonyl (C=O) groups is 1. The van der Waals surface area contributed by atoms with Gasteiger partial charge in [-0.25, -0.2) is 0 Å². The third-order valence-corrected chi connectivity index (χ3v) is 3.19. The fourth-order valence-corrected chi connectivity index (χ4v) is 2.14. The molecule has 0 aromatic carbocycles. The Bertz CT molecular complexity index is 406. The Morgan fingerprint density at radius 2 is 2.47 bits per heavy atom. The highest BCUT2D eigenvalue weighted by Crippen LogP contribution is 2.12. The maximum Gasteiger partial charge on any atom is 0.228 e. The number of piperidine rings is 1. The number of pyridine rings is 1. The number of carbonyl (C=O) groups excluding carboxylic acids is 1. The van der Waals surface area contributed by atoms with Crippen molar-refractivity contribution in [2.45, 2.75) is 32.3 Å². The van der Waals surface area contributed by atoms with Gasteiger partial charge in [-0.2, -0.15) is 0 Å². The van der Waals surface area contributed by atoms with Gasteiger partial charge in [-0.1, -0.05) is 6.07 Å². The van der Waals surface area contributed by atoms with Crippen LogP contribution in [0, 0.1) is 6.92 Å². The number of amides is 1. The van der Waals surface area contributed by atoms with Gasteiger partial charge in [0.2, 0.25) is 5.91 Å². The minimum absolute atomic E-state index is 0.0607. The maximum atomic E-state index is 12.0. The molecule has 17 heavy (non-hydrogen) atoms. The van der Waals surface area contributed by atoms with E-state index in [4.69, 9.17) is 0 Å². The molecular formula is C13H18N2O2. The number of nitrogens with zero attached hydrogens (tertiary/aromatic N) is 2. The highest BCUT2D eigenvalue weighted by molar-refractivity contribution is 5.78. The van der Waals surface area contributed by atoms with Crippen LogP contribution in [-0.2, 0) is 11.2 Å². The van der Waals surface area contributed by atoms with Gasteiger partial charge in [-0.15, -0.1) is 0 Å². The summed E-state index contributed by atoms with van der Waals surface area (Å²) in [7, 11) is 0. The molecular weight excluding hydrogens is 216 g/mol. The van der Waals surface area contributed by atoms with Crippen LogP contribution in [0.1, 0.15) is 24.1 Å². The Morgan fingerprint density at radius 1 is 1.65 bits per heavy atom. The third kappa shape index (κ3) is 3.03. The first-order valence-electron chi connectivity index (χ1n) is 6.03. The summed E-state index contributed by atoms with van der Waals surface area (Å²) in [5, 5.41) is 9.54. The number of likely N-dealkylation sites (tertiary alicyclic amines) is 1. The average molecular weight is 234 g/mol. The van der Waals surface area contributed by atoms with Crippen molar-refractivity contribution in [1.29, 1.82) is 0 Å². The average Bonchev–Trinajstić information content (AvgIpc) is 2.32. The van der Waals surface area contributed by atoms with Crippen molar-refractivity contribution in [1.82, 2.24) is 9.88 Å². The zero-order valence-electron chi connectivity index (χ0n) is 10.1. The number of hydrogen-bond acceptors (Lipinski definition) is 3. The largest absolute Gasteiger partial charge is 0.391 e. The van der Waals surface area contributed by atoms with Gasteiger partial charge in [0, 0.05) is 19.3 Å². The topological polar surface area (TPSA) is 53.4 Å². The van der Waals surface area contributed by atoms with Crippen molar-refractivity contribution >= 4 is 5.91 Å². The van der Waals surface area contributed by atoms with Crippen LogP contribution in [0.15, 0.2) is 18.3 Å². The lowest BCUT2D eigenvalue weighted by molar-refractivity contribution is -0.133. The number of β-amino-alcohol motifs (C(OH)–C–C–N with tert-alkyl or cyclic N) is 1. The molecule has 0 saturated carbocycles. The van der Waals surface area contributed by atoms with Gasteiger partial charge in [-0.05, 0) is 31.4 Å². The van der Waals surface area contributed by atoms with Gasteiger partial charge in [0.15, 0.2) is 0 Å². The van der Waals surface area contributed by atoms with Crippen molar-refractivity contribution in [2.24, 2.45) is 0 Å². The van der Waals surface area contributed by atoms with E-state index in [2.05, 4.69) is 4.98 Å². The highest BCUT2D eigenvalue weighted by atomic mass is 16.3. The lowest BCUT2D eigenvalue weighted by Crippen LogP contribution is -2.43. The van der Waals surface area contributed by atoms with Crippen LogP contribution in [0.4, 0.5) is 0 Å². The number of aliphatic hydroxyl groups excluding tert-OH is 1. The summed E-state index contributed by atoms with van der Waals surface area (Å²) in [5.41, 5.74) is 1.87. The first-order valence-corrected chi connectivity index (χ1v) is 6.03. The van der Waals surface area contributed by atoms with E-state index in [1.54, 1.807) is 11.1 Å². The molecule has 1 aliphatic rings. The third-order valence-electron chi connectivity index (χ3n) is 3.19. The molecule has 4 heteroatoms. The lowest BCUT2D eigenvalue weighted by Gasteiger charge is -2.30. The standard InChI is InChI=1S/C13H18N2O2/c1-10-4-2-6-14-12(10)8-13(17)15-7-3-5-11(16)9-15/h2,4,6,11,16H,3,5,7-9H2,1H3/t11-/m0/s1. The fraction of sp³-hybridized carbons (Fsp3) is 0.538. The quantitative estimate of drug-likeness (QED) is 0.827. The monoisotopic (exact) mass is 234 g/mol. The summed E-state index contributed by atoms with van der Waals surface area (Å²) in [6.07, 6.45) is 3.36. The second-order valence-corrected chi connectivity index (χ2v) is 4.58. The number of aliphatic hydroxyl groups is 1. The van der Waals surface area contributed by atoms with Crippen molar-refractivity contribution in [3.63, 3.8) is 0 Å². The predicted octanol–water partition coefficient (Wildman–Crippen LogP) is 0.916.